The summed E-state index contributed by atoms with van der Waals surface area (Å²) in [5.41, 5.74) is 0.932. The average molecular weight is 294 g/mol. The Labute approximate surface area is 122 Å². The van der Waals surface area contributed by atoms with Gasteiger partial charge in [0.1, 0.15) is 0 Å². The van der Waals surface area contributed by atoms with Crippen molar-refractivity contribution in [3.63, 3.8) is 0 Å². The smallest absolute Gasteiger partial charge is 0.317 e. The van der Waals surface area contributed by atoms with Gasteiger partial charge in [-0.2, -0.15) is 0 Å². The van der Waals surface area contributed by atoms with Crippen LogP contribution in [0.25, 0.3) is 0 Å². The van der Waals surface area contributed by atoms with Gasteiger partial charge in [-0.3, -0.25) is 19.3 Å². The van der Waals surface area contributed by atoms with Gasteiger partial charge >= 0.3 is 11.9 Å². The highest BCUT2D eigenvalue weighted by Crippen LogP contribution is 1.98. The quantitative estimate of drug-likeness (QED) is 0.599. The summed E-state index contributed by atoms with van der Waals surface area (Å²) in [7, 11) is 0. The first-order valence-electron chi connectivity index (χ1n) is 6.44. The van der Waals surface area contributed by atoms with Crippen LogP contribution < -0.4 is 5.32 Å². The molecule has 1 aromatic rings. The first-order chi connectivity index (χ1) is 9.97. The number of carbonyl (C=O) groups is 3. The van der Waals surface area contributed by atoms with Crippen molar-refractivity contribution < 1.29 is 24.6 Å². The molecule has 7 heteroatoms. The van der Waals surface area contributed by atoms with E-state index in [9.17, 15) is 14.4 Å². The molecule has 0 spiro atoms. The van der Waals surface area contributed by atoms with Crippen LogP contribution in [-0.2, 0) is 20.9 Å². The van der Waals surface area contributed by atoms with Crippen LogP contribution in [0.1, 0.15) is 12.0 Å². The zero-order valence-electron chi connectivity index (χ0n) is 11.5. The fraction of sp³-hybridized carbons (Fsp3) is 0.357. The summed E-state index contributed by atoms with van der Waals surface area (Å²) in [4.78, 5) is 34.3. The zero-order chi connectivity index (χ0) is 15.7. The molecule has 0 aromatic heterocycles. The highest BCUT2D eigenvalue weighted by Gasteiger charge is 2.15. The largest absolute Gasteiger partial charge is 0.481 e. The topological polar surface area (TPSA) is 107 Å². The molecule has 1 aromatic carbocycles. The van der Waals surface area contributed by atoms with Gasteiger partial charge in [0, 0.05) is 13.1 Å². The summed E-state index contributed by atoms with van der Waals surface area (Å²) < 4.78 is 0. The monoisotopic (exact) mass is 294 g/mol. The number of carboxylic acid groups (broad SMARTS) is 2. The lowest BCUT2D eigenvalue weighted by Gasteiger charge is -2.18. The molecule has 7 nitrogen and oxygen atoms in total. The molecular formula is C14H18N2O5. The van der Waals surface area contributed by atoms with Gasteiger partial charge in [-0.05, 0) is 5.56 Å². The predicted octanol–water partition coefficient (Wildman–Crippen LogP) is 0.164. The maximum Gasteiger partial charge on any atom is 0.317 e. The molecule has 0 aliphatic rings. The van der Waals surface area contributed by atoms with Crippen molar-refractivity contribution in [1.82, 2.24) is 10.2 Å². The standard InChI is InChI=1S/C14H18N2O5/c17-12(15-8-11-4-2-1-3-5-11)9-16(10-14(20)21)7-6-13(18)19/h1-5H,6-10H2,(H,15,17)(H,18,19)(H,20,21). The lowest BCUT2D eigenvalue weighted by atomic mass is 10.2. The molecule has 0 heterocycles. The van der Waals surface area contributed by atoms with E-state index in [1.165, 1.54) is 4.90 Å². The van der Waals surface area contributed by atoms with E-state index in [2.05, 4.69) is 5.32 Å². The van der Waals surface area contributed by atoms with Crippen LogP contribution in [0.5, 0.6) is 0 Å². The van der Waals surface area contributed by atoms with Crippen molar-refractivity contribution in [2.24, 2.45) is 0 Å². The molecule has 114 valence electrons. The summed E-state index contributed by atoms with van der Waals surface area (Å²) in [6, 6.07) is 9.29. The van der Waals surface area contributed by atoms with Crippen molar-refractivity contribution in [2.45, 2.75) is 13.0 Å². The van der Waals surface area contributed by atoms with Crippen molar-refractivity contribution >= 4 is 17.8 Å². The van der Waals surface area contributed by atoms with Crippen LogP contribution in [0.3, 0.4) is 0 Å². The Morgan fingerprint density at radius 3 is 2.24 bits per heavy atom. The number of rotatable bonds is 9. The molecule has 3 N–H and O–H groups in total. The van der Waals surface area contributed by atoms with E-state index < -0.39 is 11.9 Å². The summed E-state index contributed by atoms with van der Waals surface area (Å²) in [6.07, 6.45) is -0.209. The summed E-state index contributed by atoms with van der Waals surface area (Å²) in [5.74, 6) is -2.48. The number of hydrogen-bond acceptors (Lipinski definition) is 4. The van der Waals surface area contributed by atoms with E-state index in [0.29, 0.717) is 6.54 Å². The Bertz CT molecular complexity index is 489. The van der Waals surface area contributed by atoms with Crippen LogP contribution in [0, 0.1) is 0 Å². The second-order valence-electron chi connectivity index (χ2n) is 4.51. The minimum absolute atomic E-state index is 0.0143. The first-order valence-corrected chi connectivity index (χ1v) is 6.44. The third-order valence-corrected chi connectivity index (χ3v) is 2.70. The van der Waals surface area contributed by atoms with Crippen molar-refractivity contribution in [2.75, 3.05) is 19.6 Å². The van der Waals surface area contributed by atoms with E-state index in [-0.39, 0.29) is 32.0 Å². The number of carboxylic acids is 2. The predicted molar refractivity (Wildman–Crippen MR) is 74.6 cm³/mol. The van der Waals surface area contributed by atoms with Crippen LogP contribution in [0.15, 0.2) is 30.3 Å². The van der Waals surface area contributed by atoms with Gasteiger partial charge in [-0.15, -0.1) is 0 Å². The van der Waals surface area contributed by atoms with E-state index in [0.717, 1.165) is 5.56 Å². The SMILES string of the molecule is O=C(O)CCN(CC(=O)O)CC(=O)NCc1ccccc1. The van der Waals surface area contributed by atoms with Gasteiger partial charge < -0.3 is 15.5 Å². The Balaban J connectivity index is 2.43. The highest BCUT2D eigenvalue weighted by molar-refractivity contribution is 5.79. The zero-order valence-corrected chi connectivity index (χ0v) is 11.5. The van der Waals surface area contributed by atoms with Crippen molar-refractivity contribution in [1.29, 1.82) is 0 Å². The molecule has 1 amide bonds. The fourth-order valence-corrected chi connectivity index (χ4v) is 1.71. The summed E-state index contributed by atoms with van der Waals surface area (Å²) >= 11 is 0. The Morgan fingerprint density at radius 1 is 1.00 bits per heavy atom. The molecule has 0 aliphatic heterocycles. The number of benzene rings is 1. The molecule has 0 saturated carbocycles. The van der Waals surface area contributed by atoms with Gasteiger partial charge in [0.15, 0.2) is 0 Å². The third kappa shape index (κ3) is 7.68. The van der Waals surface area contributed by atoms with Crippen molar-refractivity contribution in [3.05, 3.63) is 35.9 Å². The lowest BCUT2D eigenvalue weighted by Crippen LogP contribution is -2.40. The highest BCUT2D eigenvalue weighted by atomic mass is 16.4. The Kier molecular flexibility index (Phi) is 6.90. The first kappa shape index (κ1) is 16.6. The Hall–Kier alpha value is -2.41. The minimum atomic E-state index is -1.10. The van der Waals surface area contributed by atoms with E-state index in [1.807, 2.05) is 30.3 Å². The van der Waals surface area contributed by atoms with Gasteiger partial charge in [0.05, 0.1) is 19.5 Å². The number of carbonyl (C=O) groups excluding carboxylic acids is 1. The minimum Gasteiger partial charge on any atom is -0.481 e. The Morgan fingerprint density at radius 2 is 1.67 bits per heavy atom. The van der Waals surface area contributed by atoms with Gasteiger partial charge in [-0.25, -0.2) is 0 Å². The molecule has 0 atom stereocenters. The molecule has 1 rings (SSSR count). The molecule has 0 aliphatic carbocycles. The van der Waals surface area contributed by atoms with E-state index in [4.69, 9.17) is 10.2 Å². The average Bonchev–Trinajstić information content (AvgIpc) is 2.43. The maximum absolute atomic E-state index is 11.8. The molecule has 0 unspecified atom stereocenters. The summed E-state index contributed by atoms with van der Waals surface area (Å²) in [5, 5.41) is 20.0. The second-order valence-corrected chi connectivity index (χ2v) is 4.51. The third-order valence-electron chi connectivity index (χ3n) is 2.70. The lowest BCUT2D eigenvalue weighted by molar-refractivity contribution is -0.141. The van der Waals surface area contributed by atoms with Crippen LogP contribution in [0.4, 0.5) is 0 Å². The maximum atomic E-state index is 11.8. The molecule has 0 fully saturated rings. The molecule has 21 heavy (non-hydrogen) atoms. The van der Waals surface area contributed by atoms with Crippen LogP contribution >= 0.6 is 0 Å². The summed E-state index contributed by atoms with van der Waals surface area (Å²) in [6.45, 7) is -0.154. The molecule has 0 saturated heterocycles. The number of nitrogens with one attached hydrogen (secondary N) is 1. The normalized spacial score (nSPS) is 10.3. The van der Waals surface area contributed by atoms with Crippen LogP contribution in [-0.4, -0.2) is 52.6 Å². The molecule has 0 bridgehead atoms. The molecule has 0 radical (unpaired) electrons. The van der Waals surface area contributed by atoms with Gasteiger partial charge in [0.2, 0.25) is 5.91 Å². The number of aliphatic carboxylic acids is 2. The number of hydrogen-bond donors (Lipinski definition) is 3. The number of amides is 1. The fourth-order valence-electron chi connectivity index (χ4n) is 1.71. The van der Waals surface area contributed by atoms with E-state index >= 15 is 0 Å². The van der Waals surface area contributed by atoms with Crippen molar-refractivity contribution in [3.8, 4) is 0 Å². The number of nitrogens with zero attached hydrogens (tertiary/aromatic N) is 1. The van der Waals surface area contributed by atoms with Gasteiger partial charge in [-0.1, -0.05) is 30.3 Å². The van der Waals surface area contributed by atoms with E-state index in [1.54, 1.807) is 0 Å². The molecular weight excluding hydrogens is 276 g/mol. The van der Waals surface area contributed by atoms with Gasteiger partial charge in [0.25, 0.3) is 0 Å². The second kappa shape index (κ2) is 8.70. The van der Waals surface area contributed by atoms with Crippen LogP contribution in [0.2, 0.25) is 0 Å².